The van der Waals surface area contributed by atoms with Gasteiger partial charge in [0, 0.05) is 24.3 Å². The third kappa shape index (κ3) is 4.19. The monoisotopic (exact) mass is 336 g/mol. The Labute approximate surface area is 135 Å². The molecular weight excluding hydrogens is 316 g/mol. The summed E-state index contributed by atoms with van der Waals surface area (Å²) in [6.07, 6.45) is 1.79. The summed E-state index contributed by atoms with van der Waals surface area (Å²) in [5.41, 5.74) is 1.52. The third-order valence-electron chi connectivity index (χ3n) is 3.85. The average molecular weight is 336 g/mol. The van der Waals surface area contributed by atoms with E-state index < -0.39 is 10.0 Å². The zero-order valence-corrected chi connectivity index (χ0v) is 13.8. The van der Waals surface area contributed by atoms with E-state index in [4.69, 9.17) is 9.26 Å². The first-order valence-electron chi connectivity index (χ1n) is 7.66. The van der Waals surface area contributed by atoms with Gasteiger partial charge in [0.2, 0.25) is 10.0 Å². The van der Waals surface area contributed by atoms with Crippen LogP contribution in [0.4, 0.5) is 0 Å². The summed E-state index contributed by atoms with van der Waals surface area (Å²) in [6.45, 7) is 2.52. The number of nitrogens with one attached hydrogen (secondary N) is 1. The first kappa shape index (κ1) is 16.2. The summed E-state index contributed by atoms with van der Waals surface area (Å²) < 4.78 is 37.8. The molecule has 2 aromatic rings. The van der Waals surface area contributed by atoms with Crippen molar-refractivity contribution in [2.45, 2.75) is 37.7 Å². The van der Waals surface area contributed by atoms with Crippen molar-refractivity contribution in [3.05, 3.63) is 42.2 Å². The molecule has 124 valence electrons. The Morgan fingerprint density at radius 3 is 2.83 bits per heavy atom. The second-order valence-corrected chi connectivity index (χ2v) is 7.52. The van der Waals surface area contributed by atoms with Gasteiger partial charge in [0.15, 0.2) is 5.76 Å². The Bertz CT molecular complexity index is 736. The lowest BCUT2D eigenvalue weighted by molar-refractivity contribution is 0.0902. The van der Waals surface area contributed by atoms with Gasteiger partial charge in [0.1, 0.15) is 11.4 Å². The van der Waals surface area contributed by atoms with Gasteiger partial charge in [0.05, 0.1) is 6.10 Å². The van der Waals surface area contributed by atoms with Crippen molar-refractivity contribution < 1.29 is 17.7 Å². The summed E-state index contributed by atoms with van der Waals surface area (Å²) in [6, 6.07) is 10.9. The summed E-state index contributed by atoms with van der Waals surface area (Å²) in [7, 11) is -3.50. The summed E-state index contributed by atoms with van der Waals surface area (Å²) >= 11 is 0. The molecule has 3 rings (SSSR count). The fourth-order valence-corrected chi connectivity index (χ4v) is 4.02. The van der Waals surface area contributed by atoms with Crippen LogP contribution in [0.2, 0.25) is 0 Å². The molecule has 1 aliphatic heterocycles. The lowest BCUT2D eigenvalue weighted by atomic mass is 10.1. The first-order chi connectivity index (χ1) is 11.0. The molecule has 7 heteroatoms. The number of aromatic nitrogens is 1. The van der Waals surface area contributed by atoms with Gasteiger partial charge in [-0.05, 0) is 19.8 Å². The van der Waals surface area contributed by atoms with Gasteiger partial charge in [-0.25, -0.2) is 13.1 Å². The van der Waals surface area contributed by atoms with Crippen LogP contribution in [0, 0.1) is 0 Å². The molecule has 0 saturated carbocycles. The van der Waals surface area contributed by atoms with E-state index in [0.717, 1.165) is 18.4 Å². The van der Waals surface area contributed by atoms with Crippen LogP contribution in [0.1, 0.15) is 25.5 Å². The molecular formula is C16H20N2O4S. The van der Waals surface area contributed by atoms with Gasteiger partial charge in [-0.2, -0.15) is 0 Å². The van der Waals surface area contributed by atoms with Crippen molar-refractivity contribution in [2.24, 2.45) is 0 Å². The van der Waals surface area contributed by atoms with Gasteiger partial charge >= 0.3 is 0 Å². The van der Waals surface area contributed by atoms with Crippen LogP contribution in [0.3, 0.4) is 0 Å². The Hall–Kier alpha value is -1.70. The minimum Gasteiger partial charge on any atom is -0.377 e. The van der Waals surface area contributed by atoms with Crippen LogP contribution < -0.4 is 4.72 Å². The predicted octanol–water partition coefficient (Wildman–Crippen LogP) is 2.33. The maximum absolute atomic E-state index is 12.3. The molecule has 2 atom stereocenters. The molecule has 2 heterocycles. The molecule has 1 N–H and O–H groups in total. The highest BCUT2D eigenvalue weighted by molar-refractivity contribution is 7.88. The summed E-state index contributed by atoms with van der Waals surface area (Å²) in [5.74, 6) is 0.0834. The van der Waals surface area contributed by atoms with Gasteiger partial charge in [-0.1, -0.05) is 35.5 Å². The SMILES string of the molecule is C[C@H](NS(=O)(=O)Cc1cc(-c2ccccc2)no1)[C@H]1CCCO1. The fourth-order valence-electron chi connectivity index (χ4n) is 2.71. The van der Waals surface area contributed by atoms with Crippen LogP contribution in [-0.2, 0) is 20.5 Å². The van der Waals surface area contributed by atoms with E-state index >= 15 is 0 Å². The van der Waals surface area contributed by atoms with E-state index in [2.05, 4.69) is 9.88 Å². The normalized spacial score (nSPS) is 19.8. The lowest BCUT2D eigenvalue weighted by Gasteiger charge is -2.19. The zero-order chi connectivity index (χ0) is 16.3. The smallest absolute Gasteiger partial charge is 0.219 e. The molecule has 1 aromatic carbocycles. The van der Waals surface area contributed by atoms with Gasteiger partial charge in [-0.3, -0.25) is 0 Å². The summed E-state index contributed by atoms with van der Waals surface area (Å²) in [4.78, 5) is 0. The third-order valence-corrected chi connectivity index (χ3v) is 5.24. The maximum atomic E-state index is 12.3. The molecule has 1 aromatic heterocycles. The number of rotatable bonds is 6. The Morgan fingerprint density at radius 1 is 1.35 bits per heavy atom. The lowest BCUT2D eigenvalue weighted by Crippen LogP contribution is -2.41. The quantitative estimate of drug-likeness (QED) is 0.875. The van der Waals surface area contributed by atoms with Crippen LogP contribution in [0.25, 0.3) is 11.3 Å². The van der Waals surface area contributed by atoms with Gasteiger partial charge < -0.3 is 9.26 Å². The summed E-state index contributed by atoms with van der Waals surface area (Å²) in [5, 5.41) is 3.94. The molecule has 0 bridgehead atoms. The number of hydrogen-bond donors (Lipinski definition) is 1. The van der Waals surface area contributed by atoms with Gasteiger partial charge in [0.25, 0.3) is 0 Å². The zero-order valence-electron chi connectivity index (χ0n) is 12.9. The second-order valence-electron chi connectivity index (χ2n) is 5.76. The molecule has 6 nitrogen and oxygen atoms in total. The molecule has 0 unspecified atom stereocenters. The standard InChI is InChI=1S/C16H20N2O4S/c1-12(16-8-5-9-21-16)18-23(19,20)11-14-10-15(17-22-14)13-6-3-2-4-7-13/h2-4,6-7,10,12,16,18H,5,8-9,11H2,1H3/t12-,16+/m0/s1. The van der Waals surface area contributed by atoms with Crippen molar-refractivity contribution in [1.29, 1.82) is 0 Å². The van der Waals surface area contributed by atoms with Crippen molar-refractivity contribution in [1.82, 2.24) is 9.88 Å². The highest BCUT2D eigenvalue weighted by Crippen LogP contribution is 2.20. The number of ether oxygens (including phenoxy) is 1. The first-order valence-corrected chi connectivity index (χ1v) is 9.31. The van der Waals surface area contributed by atoms with Crippen molar-refractivity contribution in [2.75, 3.05) is 6.61 Å². The largest absolute Gasteiger partial charge is 0.377 e. The van der Waals surface area contributed by atoms with Crippen LogP contribution in [0.5, 0.6) is 0 Å². The molecule has 1 aliphatic rings. The Kier molecular flexibility index (Phi) is 4.79. The van der Waals surface area contributed by atoms with E-state index in [1.54, 1.807) is 6.07 Å². The molecule has 1 saturated heterocycles. The molecule has 23 heavy (non-hydrogen) atoms. The molecule has 0 aliphatic carbocycles. The molecule has 0 radical (unpaired) electrons. The van der Waals surface area contributed by atoms with Crippen molar-refractivity contribution in [3.8, 4) is 11.3 Å². The van der Waals surface area contributed by atoms with Crippen LogP contribution in [0.15, 0.2) is 40.9 Å². The van der Waals surface area contributed by atoms with E-state index in [-0.39, 0.29) is 17.9 Å². The minimum absolute atomic E-state index is 0.0561. The van der Waals surface area contributed by atoms with Crippen LogP contribution >= 0.6 is 0 Å². The molecule has 0 amide bonds. The predicted molar refractivity (Wildman–Crippen MR) is 86.1 cm³/mol. The average Bonchev–Trinajstić information content (AvgIpc) is 3.18. The maximum Gasteiger partial charge on any atom is 0.219 e. The highest BCUT2D eigenvalue weighted by atomic mass is 32.2. The Morgan fingerprint density at radius 2 is 2.13 bits per heavy atom. The number of nitrogens with zero attached hydrogens (tertiary/aromatic N) is 1. The number of hydrogen-bond acceptors (Lipinski definition) is 5. The second kappa shape index (κ2) is 6.82. The van der Waals surface area contributed by atoms with Crippen molar-refractivity contribution in [3.63, 3.8) is 0 Å². The van der Waals surface area contributed by atoms with Gasteiger partial charge in [-0.15, -0.1) is 0 Å². The minimum atomic E-state index is -3.50. The van der Waals surface area contributed by atoms with E-state index in [0.29, 0.717) is 18.1 Å². The van der Waals surface area contributed by atoms with E-state index in [1.807, 2.05) is 37.3 Å². The highest BCUT2D eigenvalue weighted by Gasteiger charge is 2.27. The molecule has 1 fully saturated rings. The fraction of sp³-hybridized carbons (Fsp3) is 0.438. The topological polar surface area (TPSA) is 81.4 Å². The number of sulfonamides is 1. The van der Waals surface area contributed by atoms with E-state index in [9.17, 15) is 8.42 Å². The van der Waals surface area contributed by atoms with Crippen LogP contribution in [-0.4, -0.2) is 32.3 Å². The van der Waals surface area contributed by atoms with E-state index in [1.165, 1.54) is 0 Å². The molecule has 0 spiro atoms. The Balaban J connectivity index is 1.65. The number of benzene rings is 1. The van der Waals surface area contributed by atoms with Crippen molar-refractivity contribution >= 4 is 10.0 Å².